The van der Waals surface area contributed by atoms with Crippen molar-refractivity contribution < 1.29 is 17.9 Å². The number of carbonyl (C=O) groups is 1. The second kappa shape index (κ2) is 13.4. The molecule has 0 saturated carbocycles. The van der Waals surface area contributed by atoms with E-state index < -0.39 is 10.0 Å². The zero-order valence-corrected chi connectivity index (χ0v) is 26.3. The Balaban J connectivity index is 1.11. The largest absolute Gasteiger partial charge is 0.368 e. The second-order valence-corrected chi connectivity index (χ2v) is 14.3. The third-order valence-corrected chi connectivity index (χ3v) is 10.7. The van der Waals surface area contributed by atoms with E-state index in [-0.39, 0.29) is 24.2 Å². The van der Waals surface area contributed by atoms with Crippen LogP contribution in [0.25, 0.3) is 0 Å². The highest BCUT2D eigenvalue weighted by molar-refractivity contribution is 7.88. The Bertz CT molecular complexity index is 1320. The Labute approximate surface area is 250 Å². The van der Waals surface area contributed by atoms with Crippen molar-refractivity contribution in [2.75, 3.05) is 51.3 Å². The Morgan fingerprint density at radius 1 is 1.00 bits per heavy atom. The van der Waals surface area contributed by atoms with Crippen LogP contribution in [0.1, 0.15) is 78.2 Å². The van der Waals surface area contributed by atoms with Gasteiger partial charge in [0.25, 0.3) is 5.91 Å². The molecule has 230 valence electrons. The summed E-state index contributed by atoms with van der Waals surface area (Å²) in [5, 5.41) is 3.44. The molecule has 0 aliphatic carbocycles. The van der Waals surface area contributed by atoms with E-state index in [4.69, 9.17) is 4.74 Å². The predicted molar refractivity (Wildman–Crippen MR) is 164 cm³/mol. The number of ether oxygens (including phenoxy) is 1. The van der Waals surface area contributed by atoms with Crippen molar-refractivity contribution in [3.63, 3.8) is 0 Å². The number of carbonyl (C=O) groups excluding carboxylic acids is 1. The number of nitrogens with zero attached hydrogens (tertiary/aromatic N) is 5. The summed E-state index contributed by atoms with van der Waals surface area (Å²) >= 11 is 0. The number of amides is 1. The van der Waals surface area contributed by atoms with Gasteiger partial charge in [0.05, 0.1) is 18.5 Å². The Hall–Kier alpha value is -2.60. The minimum atomic E-state index is -3.17. The van der Waals surface area contributed by atoms with Crippen LogP contribution in [0.15, 0.2) is 30.6 Å². The van der Waals surface area contributed by atoms with E-state index in [9.17, 15) is 13.2 Å². The first kappa shape index (κ1) is 30.8. The molecule has 3 aliphatic rings. The molecule has 2 unspecified atom stereocenters. The number of benzene rings is 1. The molecule has 1 aromatic heterocycles. The molecule has 42 heavy (non-hydrogen) atoms. The van der Waals surface area contributed by atoms with E-state index in [1.807, 2.05) is 11.8 Å². The average molecular weight is 599 g/mol. The van der Waals surface area contributed by atoms with Crippen molar-refractivity contribution in [3.8, 4) is 0 Å². The molecule has 3 aliphatic heterocycles. The summed E-state index contributed by atoms with van der Waals surface area (Å²) in [4.78, 5) is 26.7. The van der Waals surface area contributed by atoms with E-state index >= 15 is 0 Å². The number of likely N-dealkylation sites (tertiary alicyclic amines) is 2. The number of aryl methyl sites for hydroxylation is 1. The zero-order valence-electron chi connectivity index (χ0n) is 25.5. The highest BCUT2D eigenvalue weighted by atomic mass is 32.2. The number of nitrogens with one attached hydrogen (secondary N) is 1. The molecule has 10 nitrogen and oxygen atoms in total. The van der Waals surface area contributed by atoms with Crippen LogP contribution in [0.3, 0.4) is 0 Å². The lowest BCUT2D eigenvalue weighted by Gasteiger charge is -2.43. The standard InChI is InChI=1S/C31H46N6O4S/c1-22-8-10-24(11-9-22)28-7-5-6-27(41-28)20-32-30-23(2)29(33-21-34-30)31(38)37-18-14-26(15-19-37)36-16-12-25(13-17-36)35(3)42(4,39)40/h8-11,21,25-28H,5-7,12-20H2,1-4H3,(H,32,33,34). The Kier molecular flexibility index (Phi) is 9.81. The molecule has 0 radical (unpaired) electrons. The zero-order chi connectivity index (χ0) is 29.9. The lowest BCUT2D eigenvalue weighted by atomic mass is 9.97. The minimum absolute atomic E-state index is 0.0433. The fourth-order valence-electron chi connectivity index (χ4n) is 6.60. The number of piperidine rings is 2. The molecule has 1 aromatic carbocycles. The molecule has 1 amide bonds. The number of rotatable bonds is 8. The summed E-state index contributed by atoms with van der Waals surface area (Å²) in [7, 11) is -1.49. The number of aromatic nitrogens is 2. The molecule has 1 N–H and O–H groups in total. The average Bonchev–Trinajstić information content (AvgIpc) is 3.00. The van der Waals surface area contributed by atoms with Crippen LogP contribution >= 0.6 is 0 Å². The van der Waals surface area contributed by atoms with Gasteiger partial charge in [0.1, 0.15) is 17.8 Å². The lowest BCUT2D eigenvalue weighted by Crippen LogP contribution is -2.52. The van der Waals surface area contributed by atoms with Crippen LogP contribution in [0.2, 0.25) is 0 Å². The Morgan fingerprint density at radius 3 is 2.36 bits per heavy atom. The maximum absolute atomic E-state index is 13.5. The topological polar surface area (TPSA) is 108 Å². The third kappa shape index (κ3) is 7.30. The van der Waals surface area contributed by atoms with Crippen LogP contribution < -0.4 is 5.32 Å². The van der Waals surface area contributed by atoms with E-state index in [2.05, 4.69) is 51.4 Å². The van der Waals surface area contributed by atoms with Crippen molar-refractivity contribution in [2.45, 2.75) is 83.1 Å². The first-order valence-electron chi connectivity index (χ1n) is 15.3. The summed E-state index contributed by atoms with van der Waals surface area (Å²) in [6, 6.07) is 9.08. The molecule has 3 fully saturated rings. The van der Waals surface area contributed by atoms with E-state index in [0.717, 1.165) is 63.6 Å². The van der Waals surface area contributed by atoms with Crippen molar-refractivity contribution in [2.24, 2.45) is 0 Å². The molecular weight excluding hydrogens is 552 g/mol. The van der Waals surface area contributed by atoms with Crippen molar-refractivity contribution >= 4 is 21.7 Å². The highest BCUT2D eigenvalue weighted by Crippen LogP contribution is 2.32. The molecule has 0 bridgehead atoms. The van der Waals surface area contributed by atoms with Gasteiger partial charge in [-0.05, 0) is 77.4 Å². The van der Waals surface area contributed by atoms with Crippen molar-refractivity contribution in [3.05, 3.63) is 53.0 Å². The fraction of sp³-hybridized carbons (Fsp3) is 0.645. The summed E-state index contributed by atoms with van der Waals surface area (Å²) in [6.45, 7) is 7.80. The van der Waals surface area contributed by atoms with Gasteiger partial charge in [0.2, 0.25) is 10.0 Å². The summed E-state index contributed by atoms with van der Waals surface area (Å²) in [5.74, 6) is 0.643. The van der Waals surface area contributed by atoms with E-state index in [1.165, 1.54) is 28.0 Å². The van der Waals surface area contributed by atoms with Crippen LogP contribution in [0.5, 0.6) is 0 Å². The van der Waals surface area contributed by atoms with Crippen LogP contribution in [-0.4, -0.2) is 103 Å². The maximum Gasteiger partial charge on any atom is 0.272 e. The van der Waals surface area contributed by atoms with Crippen LogP contribution in [0, 0.1) is 13.8 Å². The number of sulfonamides is 1. The number of anilines is 1. The molecule has 0 spiro atoms. The lowest BCUT2D eigenvalue weighted by molar-refractivity contribution is -0.0442. The molecule has 11 heteroatoms. The summed E-state index contributed by atoms with van der Waals surface area (Å²) in [5.41, 5.74) is 3.70. The smallest absolute Gasteiger partial charge is 0.272 e. The van der Waals surface area contributed by atoms with Gasteiger partial charge in [-0.25, -0.2) is 22.7 Å². The predicted octanol–water partition coefficient (Wildman–Crippen LogP) is 3.78. The van der Waals surface area contributed by atoms with Gasteiger partial charge in [-0.15, -0.1) is 0 Å². The minimum Gasteiger partial charge on any atom is -0.368 e. The quantitative estimate of drug-likeness (QED) is 0.489. The number of hydrogen-bond acceptors (Lipinski definition) is 8. The van der Waals surface area contributed by atoms with Gasteiger partial charge in [0.15, 0.2) is 0 Å². The van der Waals surface area contributed by atoms with Gasteiger partial charge >= 0.3 is 0 Å². The highest BCUT2D eigenvalue weighted by Gasteiger charge is 2.33. The van der Waals surface area contributed by atoms with Gasteiger partial charge in [-0.1, -0.05) is 29.8 Å². The second-order valence-electron chi connectivity index (χ2n) is 12.2. The molecule has 5 rings (SSSR count). The normalized spacial score (nSPS) is 23.3. The van der Waals surface area contributed by atoms with Gasteiger partial charge < -0.3 is 19.9 Å². The fourth-order valence-corrected chi connectivity index (χ4v) is 7.35. The van der Waals surface area contributed by atoms with Gasteiger partial charge in [-0.3, -0.25) is 4.79 Å². The molecule has 3 saturated heterocycles. The molecule has 4 heterocycles. The first-order chi connectivity index (χ1) is 20.1. The molecule has 2 atom stereocenters. The van der Waals surface area contributed by atoms with E-state index in [1.54, 1.807) is 7.05 Å². The molecular formula is C31H46N6O4S. The van der Waals surface area contributed by atoms with Crippen molar-refractivity contribution in [1.29, 1.82) is 0 Å². The maximum atomic E-state index is 13.5. The SMILES string of the molecule is Cc1ccc(C2CCCC(CNc3ncnc(C(=O)N4CCC(N5CCC(N(C)S(C)(=O)=O)CC5)CC4)c3C)O2)cc1. The monoisotopic (exact) mass is 598 g/mol. The third-order valence-electron chi connectivity index (χ3n) is 9.39. The van der Waals surface area contributed by atoms with Crippen molar-refractivity contribution in [1.82, 2.24) is 24.1 Å². The van der Waals surface area contributed by atoms with Crippen LogP contribution in [0.4, 0.5) is 5.82 Å². The first-order valence-corrected chi connectivity index (χ1v) is 17.2. The molecule has 2 aromatic rings. The van der Waals surface area contributed by atoms with E-state index in [0.29, 0.717) is 37.2 Å². The van der Waals surface area contributed by atoms with Gasteiger partial charge in [-0.2, -0.15) is 0 Å². The van der Waals surface area contributed by atoms with Gasteiger partial charge in [0, 0.05) is 44.3 Å². The Morgan fingerprint density at radius 2 is 1.69 bits per heavy atom. The summed E-state index contributed by atoms with van der Waals surface area (Å²) in [6.07, 6.45) is 9.58. The number of hydrogen-bond donors (Lipinski definition) is 1. The summed E-state index contributed by atoms with van der Waals surface area (Å²) < 4.78 is 31.8. The van der Waals surface area contributed by atoms with Crippen LogP contribution in [-0.2, 0) is 14.8 Å².